The third-order valence-corrected chi connectivity index (χ3v) is 4.98. The number of carbonyl (C=O) groups is 1. The fraction of sp³-hybridized carbons (Fsp3) is 0.350. The van der Waals surface area contributed by atoms with E-state index in [2.05, 4.69) is 10.1 Å². The number of aryl methyl sites for hydroxylation is 1. The van der Waals surface area contributed by atoms with Crippen LogP contribution in [0.2, 0.25) is 0 Å². The molecule has 0 aliphatic carbocycles. The van der Waals surface area contributed by atoms with E-state index in [4.69, 9.17) is 4.42 Å². The van der Waals surface area contributed by atoms with Crippen LogP contribution >= 0.6 is 0 Å². The summed E-state index contributed by atoms with van der Waals surface area (Å²) in [7, 11) is 1.75. The maximum absolute atomic E-state index is 13.9. The first-order chi connectivity index (χ1) is 13.1. The van der Waals surface area contributed by atoms with Crippen LogP contribution in [0.5, 0.6) is 0 Å². The topological polar surface area (TPSA) is 64.2 Å². The van der Waals surface area contributed by atoms with Crippen LogP contribution in [0, 0.1) is 5.82 Å². The molecule has 0 bridgehead atoms. The lowest BCUT2D eigenvalue weighted by Gasteiger charge is -2.33. The molecule has 0 N–H and O–H groups in total. The van der Waals surface area contributed by atoms with Crippen LogP contribution in [0.3, 0.4) is 0 Å². The minimum absolute atomic E-state index is 0.0754. The standard InChI is InChI=1S/C20H21FN4O2/c1-24-18(9-10-23-24)20(26)25-11-5-4-8-17(25)19-22-13-15(27-19)12-14-6-2-3-7-16(14)21/h2-3,6-7,9-10,13,17H,4-5,8,11-12H2,1H3. The Hall–Kier alpha value is -2.96. The van der Waals surface area contributed by atoms with Crippen molar-refractivity contribution in [2.45, 2.75) is 31.7 Å². The number of rotatable bonds is 4. The molecule has 0 spiro atoms. The Kier molecular flexibility index (Phi) is 4.75. The molecule has 140 valence electrons. The summed E-state index contributed by atoms with van der Waals surface area (Å²) in [5.41, 5.74) is 1.10. The van der Waals surface area contributed by atoms with E-state index in [9.17, 15) is 9.18 Å². The molecule has 0 radical (unpaired) electrons. The SMILES string of the molecule is Cn1nccc1C(=O)N1CCCCC1c1ncc(Cc2ccccc2F)o1. The average Bonchev–Trinajstić information content (AvgIpc) is 3.32. The number of likely N-dealkylation sites (tertiary alicyclic amines) is 1. The third-order valence-electron chi connectivity index (χ3n) is 4.98. The first-order valence-electron chi connectivity index (χ1n) is 9.10. The molecule has 6 nitrogen and oxygen atoms in total. The van der Waals surface area contributed by atoms with Crippen molar-refractivity contribution in [2.75, 3.05) is 6.54 Å². The second kappa shape index (κ2) is 7.34. The van der Waals surface area contributed by atoms with E-state index in [1.165, 1.54) is 6.07 Å². The van der Waals surface area contributed by atoms with Gasteiger partial charge in [0.1, 0.15) is 23.3 Å². The zero-order chi connectivity index (χ0) is 18.8. The largest absolute Gasteiger partial charge is 0.443 e. The molecular formula is C20H21FN4O2. The fourth-order valence-electron chi connectivity index (χ4n) is 3.55. The second-order valence-electron chi connectivity index (χ2n) is 6.78. The van der Waals surface area contributed by atoms with Crippen LogP contribution in [-0.2, 0) is 13.5 Å². The highest BCUT2D eigenvalue weighted by Crippen LogP contribution is 2.32. The van der Waals surface area contributed by atoms with Crippen molar-refractivity contribution in [1.29, 1.82) is 0 Å². The predicted molar refractivity (Wildman–Crippen MR) is 96.5 cm³/mol. The molecule has 1 unspecified atom stereocenters. The van der Waals surface area contributed by atoms with Crippen LogP contribution in [0.4, 0.5) is 4.39 Å². The molecule has 1 fully saturated rings. The monoisotopic (exact) mass is 368 g/mol. The second-order valence-corrected chi connectivity index (χ2v) is 6.78. The Morgan fingerprint density at radius 3 is 2.93 bits per heavy atom. The molecule has 1 aliphatic rings. The van der Waals surface area contributed by atoms with E-state index in [1.807, 2.05) is 0 Å². The van der Waals surface area contributed by atoms with Gasteiger partial charge in [0.15, 0.2) is 0 Å². The molecule has 1 aromatic carbocycles. The van der Waals surface area contributed by atoms with Crippen molar-refractivity contribution >= 4 is 5.91 Å². The summed E-state index contributed by atoms with van der Waals surface area (Å²) in [5, 5.41) is 4.08. The summed E-state index contributed by atoms with van der Waals surface area (Å²) in [5.74, 6) is 0.764. The fourth-order valence-corrected chi connectivity index (χ4v) is 3.55. The highest BCUT2D eigenvalue weighted by Gasteiger charge is 2.33. The zero-order valence-corrected chi connectivity index (χ0v) is 15.1. The minimum atomic E-state index is -0.263. The Morgan fingerprint density at radius 1 is 1.30 bits per heavy atom. The Labute approximate surface area is 156 Å². The molecule has 2 aromatic heterocycles. The van der Waals surface area contributed by atoms with Gasteiger partial charge in [0.2, 0.25) is 5.89 Å². The van der Waals surface area contributed by atoms with Crippen LogP contribution < -0.4 is 0 Å². The van der Waals surface area contributed by atoms with Crippen molar-refractivity contribution in [1.82, 2.24) is 19.7 Å². The number of aromatic nitrogens is 3. The molecule has 1 saturated heterocycles. The lowest BCUT2D eigenvalue weighted by Crippen LogP contribution is -2.39. The van der Waals surface area contributed by atoms with E-state index in [0.29, 0.717) is 35.9 Å². The van der Waals surface area contributed by atoms with Crippen LogP contribution in [0.25, 0.3) is 0 Å². The number of carbonyl (C=O) groups excluding carboxylic acids is 1. The summed E-state index contributed by atoms with van der Waals surface area (Å²) < 4.78 is 21.4. The van der Waals surface area contributed by atoms with Gasteiger partial charge in [0.05, 0.1) is 6.20 Å². The first kappa shape index (κ1) is 17.5. The summed E-state index contributed by atoms with van der Waals surface area (Å²) in [6.45, 7) is 0.652. The first-order valence-corrected chi connectivity index (χ1v) is 9.10. The molecule has 3 heterocycles. The summed E-state index contributed by atoms with van der Waals surface area (Å²) in [6.07, 6.45) is 6.33. The number of piperidine rings is 1. The van der Waals surface area contributed by atoms with E-state index in [-0.39, 0.29) is 17.8 Å². The summed E-state index contributed by atoms with van der Waals surface area (Å²) in [4.78, 5) is 19.2. The van der Waals surface area contributed by atoms with Crippen molar-refractivity contribution in [3.63, 3.8) is 0 Å². The van der Waals surface area contributed by atoms with E-state index >= 15 is 0 Å². The predicted octanol–water partition coefficient (Wildman–Crippen LogP) is 3.51. The number of benzene rings is 1. The number of hydrogen-bond donors (Lipinski definition) is 0. The van der Waals surface area contributed by atoms with Crippen molar-refractivity contribution in [2.24, 2.45) is 7.05 Å². The number of nitrogens with zero attached hydrogens (tertiary/aromatic N) is 4. The molecule has 1 atom stereocenters. The van der Waals surface area contributed by atoms with Crippen LogP contribution in [0.15, 0.2) is 47.1 Å². The van der Waals surface area contributed by atoms with Gasteiger partial charge in [-0.25, -0.2) is 9.37 Å². The van der Waals surface area contributed by atoms with Gasteiger partial charge in [-0.3, -0.25) is 9.48 Å². The maximum atomic E-state index is 13.9. The van der Waals surface area contributed by atoms with Gasteiger partial charge in [-0.2, -0.15) is 5.10 Å². The van der Waals surface area contributed by atoms with Crippen molar-refractivity contribution in [3.8, 4) is 0 Å². The third kappa shape index (κ3) is 3.49. The average molecular weight is 368 g/mol. The molecular weight excluding hydrogens is 347 g/mol. The Balaban J connectivity index is 1.56. The van der Waals surface area contributed by atoms with E-state index in [1.54, 1.807) is 53.3 Å². The minimum Gasteiger partial charge on any atom is -0.443 e. The lowest BCUT2D eigenvalue weighted by molar-refractivity contribution is 0.0558. The van der Waals surface area contributed by atoms with E-state index < -0.39 is 0 Å². The van der Waals surface area contributed by atoms with Gasteiger partial charge >= 0.3 is 0 Å². The smallest absolute Gasteiger partial charge is 0.272 e. The molecule has 1 amide bonds. The number of amides is 1. The zero-order valence-electron chi connectivity index (χ0n) is 15.1. The van der Waals surface area contributed by atoms with Gasteiger partial charge in [0, 0.05) is 26.2 Å². The van der Waals surface area contributed by atoms with Crippen molar-refractivity contribution < 1.29 is 13.6 Å². The highest BCUT2D eigenvalue weighted by molar-refractivity contribution is 5.92. The quantitative estimate of drug-likeness (QED) is 0.707. The van der Waals surface area contributed by atoms with Crippen LogP contribution in [-0.4, -0.2) is 32.1 Å². The summed E-state index contributed by atoms with van der Waals surface area (Å²) in [6, 6.07) is 8.13. The normalized spacial score (nSPS) is 17.3. The molecule has 7 heteroatoms. The molecule has 4 rings (SSSR count). The van der Waals surface area contributed by atoms with Gasteiger partial charge in [0.25, 0.3) is 5.91 Å². The summed E-state index contributed by atoms with van der Waals surface area (Å²) >= 11 is 0. The molecule has 1 aliphatic heterocycles. The lowest BCUT2D eigenvalue weighted by atomic mass is 10.0. The molecule has 27 heavy (non-hydrogen) atoms. The number of hydrogen-bond acceptors (Lipinski definition) is 4. The number of oxazole rings is 1. The highest BCUT2D eigenvalue weighted by atomic mass is 19.1. The van der Waals surface area contributed by atoms with E-state index in [0.717, 1.165) is 19.3 Å². The van der Waals surface area contributed by atoms with Gasteiger partial charge in [-0.1, -0.05) is 18.2 Å². The van der Waals surface area contributed by atoms with Crippen molar-refractivity contribution in [3.05, 3.63) is 71.5 Å². The maximum Gasteiger partial charge on any atom is 0.272 e. The van der Waals surface area contributed by atoms with Gasteiger partial charge in [-0.15, -0.1) is 0 Å². The Bertz CT molecular complexity index is 949. The number of halogens is 1. The molecule has 0 saturated carbocycles. The van der Waals surface area contributed by atoms with Gasteiger partial charge < -0.3 is 9.32 Å². The van der Waals surface area contributed by atoms with Gasteiger partial charge in [-0.05, 0) is 37.0 Å². The van der Waals surface area contributed by atoms with Crippen LogP contribution in [0.1, 0.15) is 53.0 Å². The molecule has 3 aromatic rings. The Morgan fingerprint density at radius 2 is 2.15 bits per heavy atom.